The average molecular weight is 593 g/mol. The molecule has 43 heavy (non-hydrogen) atoms. The van der Waals surface area contributed by atoms with E-state index in [-0.39, 0.29) is 12.3 Å². The molecule has 0 unspecified atom stereocenters. The molecule has 2 aromatic carbocycles. The third-order valence-electron chi connectivity index (χ3n) is 7.47. The summed E-state index contributed by atoms with van der Waals surface area (Å²) in [4.78, 5) is 69.3. The first-order valence-electron chi connectivity index (χ1n) is 14.8. The van der Waals surface area contributed by atoms with Crippen LogP contribution in [0.15, 0.2) is 60.7 Å². The number of rotatable bonds is 14. The minimum Gasteiger partial charge on any atom is -0.348 e. The molecule has 3 rings (SSSR count). The molecule has 0 aliphatic carbocycles. The maximum Gasteiger partial charge on any atom is 0.289 e. The van der Waals surface area contributed by atoms with Crippen LogP contribution in [0.4, 0.5) is 0 Å². The SMILES string of the molecule is CC(C)[C@H](NC(=O)[C@H](C)NC(=O)[C@H](Cc1ccccc1)NC(=O)c1ccccc1)C(=O)C(=O)NCCN1CCN(C)CC1. The summed E-state index contributed by atoms with van der Waals surface area (Å²) in [5.41, 5.74) is 1.23. The maximum atomic E-state index is 13.3. The monoisotopic (exact) mass is 592 g/mol. The zero-order chi connectivity index (χ0) is 31.4. The van der Waals surface area contributed by atoms with Crippen LogP contribution < -0.4 is 21.3 Å². The fourth-order valence-corrected chi connectivity index (χ4v) is 4.71. The lowest BCUT2D eigenvalue weighted by Gasteiger charge is -2.32. The first-order valence-corrected chi connectivity index (χ1v) is 14.8. The highest BCUT2D eigenvalue weighted by Crippen LogP contribution is 2.08. The van der Waals surface area contributed by atoms with Crippen molar-refractivity contribution in [1.29, 1.82) is 0 Å². The molecule has 0 saturated carbocycles. The van der Waals surface area contributed by atoms with Crippen molar-refractivity contribution in [1.82, 2.24) is 31.1 Å². The van der Waals surface area contributed by atoms with Crippen molar-refractivity contribution in [3.63, 3.8) is 0 Å². The second-order valence-electron chi connectivity index (χ2n) is 11.3. The highest BCUT2D eigenvalue weighted by molar-refractivity contribution is 6.38. The van der Waals surface area contributed by atoms with Crippen LogP contribution in [0, 0.1) is 5.92 Å². The van der Waals surface area contributed by atoms with Gasteiger partial charge in [-0.2, -0.15) is 0 Å². The molecule has 0 radical (unpaired) electrons. The van der Waals surface area contributed by atoms with Crippen LogP contribution in [-0.4, -0.2) is 104 Å². The number of carbonyl (C=O) groups excluding carboxylic acids is 5. The van der Waals surface area contributed by atoms with Crippen LogP contribution in [0.3, 0.4) is 0 Å². The number of nitrogens with zero attached hydrogens (tertiary/aromatic N) is 2. The Labute approximate surface area is 253 Å². The molecule has 1 aliphatic rings. The number of carbonyl (C=O) groups is 5. The second kappa shape index (κ2) is 16.5. The largest absolute Gasteiger partial charge is 0.348 e. The van der Waals surface area contributed by atoms with Crippen LogP contribution in [0.25, 0.3) is 0 Å². The molecule has 0 bridgehead atoms. The molecule has 0 aromatic heterocycles. The first-order chi connectivity index (χ1) is 20.5. The number of hydrogen-bond donors (Lipinski definition) is 4. The summed E-state index contributed by atoms with van der Waals surface area (Å²) in [7, 11) is 2.07. The number of piperazine rings is 1. The molecular formula is C32H44N6O5. The molecule has 1 aliphatic heterocycles. The molecule has 1 heterocycles. The smallest absolute Gasteiger partial charge is 0.289 e. The molecular weight excluding hydrogens is 548 g/mol. The van der Waals surface area contributed by atoms with Gasteiger partial charge in [-0.15, -0.1) is 0 Å². The van der Waals surface area contributed by atoms with E-state index in [1.54, 1.807) is 44.2 Å². The molecule has 11 nitrogen and oxygen atoms in total. The number of amides is 4. The van der Waals surface area contributed by atoms with Gasteiger partial charge < -0.3 is 26.2 Å². The van der Waals surface area contributed by atoms with Gasteiger partial charge in [0.15, 0.2) is 0 Å². The van der Waals surface area contributed by atoms with E-state index in [4.69, 9.17) is 0 Å². The summed E-state index contributed by atoms with van der Waals surface area (Å²) >= 11 is 0. The highest BCUT2D eigenvalue weighted by atomic mass is 16.2. The second-order valence-corrected chi connectivity index (χ2v) is 11.3. The van der Waals surface area contributed by atoms with Gasteiger partial charge in [0.2, 0.25) is 17.6 Å². The molecule has 4 amide bonds. The number of ketones is 1. The third-order valence-corrected chi connectivity index (χ3v) is 7.47. The number of benzene rings is 2. The first kappa shape index (κ1) is 33.4. The van der Waals surface area contributed by atoms with E-state index in [2.05, 4.69) is 38.1 Å². The lowest BCUT2D eigenvalue weighted by atomic mass is 9.98. The number of Topliss-reactive ketones (excluding diaryl/α,β-unsaturated/α-hetero) is 1. The van der Waals surface area contributed by atoms with E-state index < -0.39 is 47.5 Å². The zero-order valence-corrected chi connectivity index (χ0v) is 25.5. The van der Waals surface area contributed by atoms with Gasteiger partial charge in [0.25, 0.3) is 11.8 Å². The van der Waals surface area contributed by atoms with Crippen molar-refractivity contribution < 1.29 is 24.0 Å². The molecule has 11 heteroatoms. The van der Waals surface area contributed by atoms with Crippen LogP contribution in [-0.2, 0) is 25.6 Å². The van der Waals surface area contributed by atoms with Gasteiger partial charge in [-0.25, -0.2) is 0 Å². The van der Waals surface area contributed by atoms with Crippen molar-refractivity contribution in [2.24, 2.45) is 5.92 Å². The van der Waals surface area contributed by atoms with Crippen LogP contribution in [0.2, 0.25) is 0 Å². The van der Waals surface area contributed by atoms with E-state index in [1.807, 2.05) is 30.3 Å². The standard InChI is InChI=1S/C32H44N6O5/c1-22(2)27(28(39)32(43)33-15-16-38-19-17-37(4)18-20-38)36-29(40)23(3)34-31(42)26(21-24-11-7-5-8-12-24)35-30(41)25-13-9-6-10-14-25/h5-14,22-23,26-27H,15-21H2,1-4H3,(H,33,43)(H,34,42)(H,35,41)(H,36,40)/t23-,26-,27-/m0/s1. The summed E-state index contributed by atoms with van der Waals surface area (Å²) in [6, 6.07) is 14.7. The Hall–Kier alpha value is -4.09. The summed E-state index contributed by atoms with van der Waals surface area (Å²) in [6.45, 7) is 9.63. The molecule has 2 aromatic rings. The van der Waals surface area contributed by atoms with Crippen LogP contribution in [0.5, 0.6) is 0 Å². The zero-order valence-electron chi connectivity index (χ0n) is 25.5. The van der Waals surface area contributed by atoms with Gasteiger partial charge in [-0.05, 0) is 37.6 Å². The topological polar surface area (TPSA) is 140 Å². The Morgan fingerprint density at radius 3 is 1.98 bits per heavy atom. The highest BCUT2D eigenvalue weighted by Gasteiger charge is 2.32. The van der Waals surface area contributed by atoms with Gasteiger partial charge in [0.05, 0.1) is 6.04 Å². The Morgan fingerprint density at radius 1 is 0.767 bits per heavy atom. The van der Waals surface area contributed by atoms with E-state index >= 15 is 0 Å². The fourth-order valence-electron chi connectivity index (χ4n) is 4.71. The Morgan fingerprint density at radius 2 is 1.37 bits per heavy atom. The molecule has 232 valence electrons. The van der Waals surface area contributed by atoms with Gasteiger partial charge in [-0.3, -0.25) is 28.9 Å². The third kappa shape index (κ3) is 10.6. The van der Waals surface area contributed by atoms with Crippen LogP contribution >= 0.6 is 0 Å². The number of nitrogens with one attached hydrogen (secondary N) is 4. The molecule has 4 N–H and O–H groups in total. The maximum absolute atomic E-state index is 13.3. The minimum atomic E-state index is -1.06. The number of likely N-dealkylation sites (N-methyl/N-ethyl adjacent to an activating group) is 1. The predicted octanol–water partition coefficient (Wildman–Crippen LogP) is 0.606. The predicted molar refractivity (Wildman–Crippen MR) is 164 cm³/mol. The average Bonchev–Trinajstić information content (AvgIpc) is 3.00. The summed E-state index contributed by atoms with van der Waals surface area (Å²) in [6.07, 6.45) is 0.209. The molecule has 3 atom stereocenters. The Balaban J connectivity index is 1.57. The molecule has 1 saturated heterocycles. The van der Waals surface area contributed by atoms with Crippen molar-refractivity contribution in [2.45, 2.75) is 45.3 Å². The van der Waals surface area contributed by atoms with Crippen LogP contribution in [0.1, 0.15) is 36.7 Å². The van der Waals surface area contributed by atoms with E-state index in [9.17, 15) is 24.0 Å². The quantitative estimate of drug-likeness (QED) is 0.236. The van der Waals surface area contributed by atoms with E-state index in [0.717, 1.165) is 31.7 Å². The van der Waals surface area contributed by atoms with Gasteiger partial charge in [-0.1, -0.05) is 62.4 Å². The number of hydrogen-bond acceptors (Lipinski definition) is 7. The Kier molecular flexibility index (Phi) is 12.8. The fraction of sp³-hybridized carbons (Fsp3) is 0.469. The lowest BCUT2D eigenvalue weighted by Crippen LogP contribution is -2.57. The van der Waals surface area contributed by atoms with E-state index in [0.29, 0.717) is 18.7 Å². The van der Waals surface area contributed by atoms with Gasteiger partial charge in [0, 0.05) is 51.3 Å². The van der Waals surface area contributed by atoms with Gasteiger partial charge in [0.1, 0.15) is 12.1 Å². The van der Waals surface area contributed by atoms with Crippen molar-refractivity contribution in [3.8, 4) is 0 Å². The minimum absolute atomic E-state index is 0.209. The summed E-state index contributed by atoms with van der Waals surface area (Å²) in [5.74, 6) is -3.44. The van der Waals surface area contributed by atoms with E-state index in [1.165, 1.54) is 6.92 Å². The van der Waals surface area contributed by atoms with Gasteiger partial charge >= 0.3 is 0 Å². The van der Waals surface area contributed by atoms with Crippen molar-refractivity contribution in [3.05, 3.63) is 71.8 Å². The summed E-state index contributed by atoms with van der Waals surface area (Å²) < 4.78 is 0. The van der Waals surface area contributed by atoms with Crippen molar-refractivity contribution in [2.75, 3.05) is 46.3 Å². The molecule has 0 spiro atoms. The lowest BCUT2D eigenvalue weighted by molar-refractivity contribution is -0.141. The summed E-state index contributed by atoms with van der Waals surface area (Å²) in [5, 5.41) is 10.7. The normalized spacial score (nSPS) is 16.0. The molecule has 1 fully saturated rings. The Bertz CT molecular complexity index is 1230. The van der Waals surface area contributed by atoms with Crippen molar-refractivity contribution >= 4 is 29.4 Å².